The van der Waals surface area contributed by atoms with E-state index in [0.717, 1.165) is 5.56 Å². The molecule has 2 rings (SSSR count). The first-order chi connectivity index (χ1) is 10.5. The van der Waals surface area contributed by atoms with Crippen LogP contribution in [0.4, 0.5) is 11.4 Å². The van der Waals surface area contributed by atoms with Crippen molar-refractivity contribution in [2.75, 3.05) is 11.9 Å². The fraction of sp³-hybridized carbons (Fsp3) is 0.133. The molecule has 1 amide bonds. The summed E-state index contributed by atoms with van der Waals surface area (Å²) >= 11 is 6.02. The molecule has 1 N–H and O–H groups in total. The van der Waals surface area contributed by atoms with Crippen molar-refractivity contribution in [3.05, 3.63) is 63.2 Å². The molecule has 6 nitrogen and oxygen atoms in total. The summed E-state index contributed by atoms with van der Waals surface area (Å²) in [7, 11) is 0. The van der Waals surface area contributed by atoms with E-state index in [4.69, 9.17) is 16.3 Å². The highest BCUT2D eigenvalue weighted by molar-refractivity contribution is 6.33. The number of non-ortho nitro benzene ring substituents is 1. The minimum atomic E-state index is -0.504. The largest absolute Gasteiger partial charge is 0.484 e. The topological polar surface area (TPSA) is 81.5 Å². The highest BCUT2D eigenvalue weighted by Gasteiger charge is 2.08. The van der Waals surface area contributed by atoms with Gasteiger partial charge in [-0.05, 0) is 36.8 Å². The van der Waals surface area contributed by atoms with Crippen molar-refractivity contribution in [2.45, 2.75) is 6.92 Å². The van der Waals surface area contributed by atoms with Crippen LogP contribution in [0.25, 0.3) is 0 Å². The van der Waals surface area contributed by atoms with Gasteiger partial charge in [-0.25, -0.2) is 0 Å². The van der Waals surface area contributed by atoms with E-state index in [1.807, 2.05) is 13.0 Å². The van der Waals surface area contributed by atoms with Crippen LogP contribution in [-0.2, 0) is 4.79 Å². The first-order valence-electron chi connectivity index (χ1n) is 6.39. The van der Waals surface area contributed by atoms with Gasteiger partial charge < -0.3 is 10.1 Å². The van der Waals surface area contributed by atoms with Crippen molar-refractivity contribution < 1.29 is 14.5 Å². The van der Waals surface area contributed by atoms with Crippen LogP contribution in [0.5, 0.6) is 5.75 Å². The Morgan fingerprint density at radius 1 is 1.27 bits per heavy atom. The fourth-order valence-electron chi connectivity index (χ4n) is 1.72. The zero-order chi connectivity index (χ0) is 16.1. The number of nitro benzene ring substituents is 1. The van der Waals surface area contributed by atoms with E-state index >= 15 is 0 Å². The standard InChI is InChI=1S/C15H13ClN2O4/c1-10-2-7-14(13(16)8-10)17-15(19)9-22-12-5-3-11(4-6-12)18(20)21/h2-8H,9H2,1H3,(H,17,19). The van der Waals surface area contributed by atoms with Crippen molar-refractivity contribution in [3.8, 4) is 5.75 Å². The van der Waals surface area contributed by atoms with E-state index in [9.17, 15) is 14.9 Å². The number of aryl methyl sites for hydroxylation is 1. The molecule has 2 aromatic rings. The molecular formula is C15H13ClN2O4. The van der Waals surface area contributed by atoms with Crippen LogP contribution < -0.4 is 10.1 Å². The average Bonchev–Trinajstić information content (AvgIpc) is 2.48. The zero-order valence-corrected chi connectivity index (χ0v) is 12.5. The van der Waals surface area contributed by atoms with E-state index in [2.05, 4.69) is 5.32 Å². The van der Waals surface area contributed by atoms with Gasteiger partial charge in [0.25, 0.3) is 11.6 Å². The van der Waals surface area contributed by atoms with E-state index in [-0.39, 0.29) is 18.2 Å². The summed E-state index contributed by atoms with van der Waals surface area (Å²) in [5.74, 6) is -0.000131. The lowest BCUT2D eigenvalue weighted by atomic mass is 10.2. The van der Waals surface area contributed by atoms with Crippen molar-refractivity contribution in [3.63, 3.8) is 0 Å². The Morgan fingerprint density at radius 3 is 2.55 bits per heavy atom. The number of carbonyl (C=O) groups excluding carboxylic acids is 1. The quantitative estimate of drug-likeness (QED) is 0.674. The van der Waals surface area contributed by atoms with E-state index < -0.39 is 4.92 Å². The summed E-state index contributed by atoms with van der Waals surface area (Å²) in [5.41, 5.74) is 1.46. The average molecular weight is 321 g/mol. The third-order valence-electron chi connectivity index (χ3n) is 2.82. The third kappa shape index (κ3) is 4.20. The second-order valence-corrected chi connectivity index (χ2v) is 4.98. The Kier molecular flexibility index (Phi) is 4.95. The van der Waals surface area contributed by atoms with Crippen LogP contribution in [0.1, 0.15) is 5.56 Å². The van der Waals surface area contributed by atoms with Crippen LogP contribution in [0.2, 0.25) is 5.02 Å². The Hall–Kier alpha value is -2.60. The first kappa shape index (κ1) is 15.8. The van der Waals surface area contributed by atoms with E-state index in [1.165, 1.54) is 24.3 Å². The van der Waals surface area contributed by atoms with Crippen LogP contribution in [0.3, 0.4) is 0 Å². The lowest BCUT2D eigenvalue weighted by Crippen LogP contribution is -2.20. The molecule has 0 bridgehead atoms. The monoisotopic (exact) mass is 320 g/mol. The molecule has 0 fully saturated rings. The molecule has 0 radical (unpaired) electrons. The zero-order valence-electron chi connectivity index (χ0n) is 11.7. The summed E-state index contributed by atoms with van der Waals surface area (Å²) in [6.45, 7) is 1.68. The number of hydrogen-bond acceptors (Lipinski definition) is 4. The molecule has 0 saturated heterocycles. The predicted molar refractivity (Wildman–Crippen MR) is 83.4 cm³/mol. The van der Waals surface area contributed by atoms with Gasteiger partial charge in [0.15, 0.2) is 6.61 Å². The highest BCUT2D eigenvalue weighted by atomic mass is 35.5. The Bertz CT molecular complexity index is 701. The fourth-order valence-corrected chi connectivity index (χ4v) is 2.00. The van der Waals surface area contributed by atoms with Crippen molar-refractivity contribution in [2.24, 2.45) is 0 Å². The number of anilines is 1. The number of nitro groups is 1. The number of nitrogens with one attached hydrogen (secondary N) is 1. The van der Waals surface area contributed by atoms with Crippen LogP contribution in [-0.4, -0.2) is 17.4 Å². The maximum absolute atomic E-state index is 11.8. The van der Waals surface area contributed by atoms with E-state index in [0.29, 0.717) is 16.5 Å². The van der Waals surface area contributed by atoms with Gasteiger partial charge in [0.1, 0.15) is 5.75 Å². The normalized spacial score (nSPS) is 10.1. The van der Waals surface area contributed by atoms with Crippen molar-refractivity contribution in [1.82, 2.24) is 0 Å². The van der Waals surface area contributed by atoms with Gasteiger partial charge in [-0.1, -0.05) is 17.7 Å². The number of hydrogen-bond donors (Lipinski definition) is 1. The number of amides is 1. The minimum absolute atomic E-state index is 0.0387. The molecule has 0 saturated carbocycles. The summed E-state index contributed by atoms with van der Waals surface area (Å²) in [6.07, 6.45) is 0. The van der Waals surface area contributed by atoms with Crippen LogP contribution in [0.15, 0.2) is 42.5 Å². The molecule has 0 unspecified atom stereocenters. The third-order valence-corrected chi connectivity index (χ3v) is 3.13. The molecule has 0 spiro atoms. The molecule has 7 heteroatoms. The van der Waals surface area contributed by atoms with Gasteiger partial charge in [-0.15, -0.1) is 0 Å². The summed E-state index contributed by atoms with van der Waals surface area (Å²) in [5, 5.41) is 13.6. The summed E-state index contributed by atoms with van der Waals surface area (Å²) < 4.78 is 5.26. The van der Waals surface area contributed by atoms with Gasteiger partial charge in [0.05, 0.1) is 15.6 Å². The molecule has 0 atom stereocenters. The molecule has 22 heavy (non-hydrogen) atoms. The van der Waals surface area contributed by atoms with Gasteiger partial charge in [0.2, 0.25) is 0 Å². The first-order valence-corrected chi connectivity index (χ1v) is 6.77. The molecule has 0 aliphatic carbocycles. The van der Waals surface area contributed by atoms with Gasteiger partial charge >= 0.3 is 0 Å². The number of benzene rings is 2. The number of ether oxygens (including phenoxy) is 1. The molecule has 2 aromatic carbocycles. The molecular weight excluding hydrogens is 308 g/mol. The van der Waals surface area contributed by atoms with Crippen LogP contribution in [0, 0.1) is 17.0 Å². The van der Waals surface area contributed by atoms with Gasteiger partial charge in [-0.2, -0.15) is 0 Å². The SMILES string of the molecule is Cc1ccc(NC(=O)COc2ccc([N+](=O)[O-])cc2)c(Cl)c1. The minimum Gasteiger partial charge on any atom is -0.484 e. The molecule has 0 aliphatic rings. The number of nitrogens with zero attached hydrogens (tertiary/aromatic N) is 1. The Labute approximate surface area is 131 Å². The van der Waals surface area contributed by atoms with Crippen molar-refractivity contribution >= 4 is 28.9 Å². The summed E-state index contributed by atoms with van der Waals surface area (Å²) in [4.78, 5) is 21.8. The smallest absolute Gasteiger partial charge is 0.269 e. The van der Waals surface area contributed by atoms with Gasteiger partial charge in [0, 0.05) is 12.1 Å². The van der Waals surface area contributed by atoms with Crippen molar-refractivity contribution in [1.29, 1.82) is 0 Å². The number of carbonyl (C=O) groups is 1. The lowest BCUT2D eigenvalue weighted by molar-refractivity contribution is -0.384. The molecule has 0 heterocycles. The lowest BCUT2D eigenvalue weighted by Gasteiger charge is -2.09. The second kappa shape index (κ2) is 6.91. The van der Waals surface area contributed by atoms with Crippen LogP contribution >= 0.6 is 11.6 Å². The highest BCUT2D eigenvalue weighted by Crippen LogP contribution is 2.22. The maximum atomic E-state index is 11.8. The molecule has 0 aliphatic heterocycles. The number of rotatable bonds is 5. The Balaban J connectivity index is 1.91. The second-order valence-electron chi connectivity index (χ2n) is 4.57. The molecule has 114 valence electrons. The van der Waals surface area contributed by atoms with Gasteiger partial charge in [-0.3, -0.25) is 14.9 Å². The molecule has 0 aromatic heterocycles. The summed E-state index contributed by atoms with van der Waals surface area (Å²) in [6, 6.07) is 10.8. The maximum Gasteiger partial charge on any atom is 0.269 e. The Morgan fingerprint density at radius 2 is 1.95 bits per heavy atom. The van der Waals surface area contributed by atoms with E-state index in [1.54, 1.807) is 12.1 Å². The predicted octanol–water partition coefficient (Wildman–Crippen LogP) is 3.57. The number of halogens is 1.